The van der Waals surface area contributed by atoms with E-state index in [1.165, 1.54) is 25.3 Å². The van der Waals surface area contributed by atoms with Gasteiger partial charge >= 0.3 is 12.1 Å². The number of hydrogen-bond donors (Lipinski definition) is 4. The molecule has 1 rings (SSSR count). The Hall–Kier alpha value is -2.32. The van der Waals surface area contributed by atoms with Crippen molar-refractivity contribution in [2.45, 2.75) is 38.6 Å². The first kappa shape index (κ1) is 19.7. The molecule has 0 aliphatic heterocycles. The van der Waals surface area contributed by atoms with Crippen LogP contribution >= 0.6 is 0 Å². The van der Waals surface area contributed by atoms with Crippen LogP contribution in [0, 0.1) is 0 Å². The van der Waals surface area contributed by atoms with Gasteiger partial charge in [0.25, 0.3) is 0 Å². The third kappa shape index (κ3) is 5.71. The molecule has 0 fully saturated rings. The van der Waals surface area contributed by atoms with Crippen molar-refractivity contribution in [2.75, 3.05) is 13.7 Å². The predicted molar refractivity (Wildman–Crippen MR) is 85.2 cm³/mol. The fraction of sp³-hybridized carbons (Fsp3) is 0.500. The number of alkyl carbamates (subject to hydrolysis) is 1. The summed E-state index contributed by atoms with van der Waals surface area (Å²) in [7, 11) is 1.33. The van der Waals surface area contributed by atoms with Crippen LogP contribution in [0.15, 0.2) is 18.2 Å². The molecule has 2 atom stereocenters. The molecule has 24 heavy (non-hydrogen) atoms. The smallest absolute Gasteiger partial charge is 0.407 e. The third-order valence-electron chi connectivity index (χ3n) is 3.01. The molecule has 0 aliphatic carbocycles. The Morgan fingerprint density at radius 1 is 1.25 bits per heavy atom. The fourth-order valence-corrected chi connectivity index (χ4v) is 1.91. The molecular weight excluding hydrogens is 318 g/mol. The molecule has 0 aromatic heterocycles. The number of carbonyl (C=O) groups excluding carboxylic acids is 1. The molecule has 1 aromatic rings. The van der Waals surface area contributed by atoms with Crippen molar-refractivity contribution >= 4 is 12.1 Å². The maximum atomic E-state index is 11.5. The van der Waals surface area contributed by atoms with Gasteiger partial charge in [0.1, 0.15) is 29.1 Å². The zero-order chi connectivity index (χ0) is 18.5. The molecule has 0 spiro atoms. The minimum atomic E-state index is -1.39. The number of carbonyl (C=O) groups is 2. The molecule has 0 saturated carbocycles. The van der Waals surface area contributed by atoms with Crippen LogP contribution in [0.4, 0.5) is 4.79 Å². The zero-order valence-corrected chi connectivity index (χ0v) is 14.1. The molecule has 0 bridgehead atoms. The second-order valence-electron chi connectivity index (χ2n) is 6.16. The highest BCUT2D eigenvalue weighted by molar-refractivity contribution is 5.91. The van der Waals surface area contributed by atoms with Gasteiger partial charge < -0.3 is 30.1 Å². The molecule has 0 heterocycles. The van der Waals surface area contributed by atoms with Gasteiger partial charge in [-0.2, -0.15) is 0 Å². The minimum absolute atomic E-state index is 0.138. The van der Waals surface area contributed by atoms with Crippen LogP contribution in [0.3, 0.4) is 0 Å². The molecule has 4 N–H and O–H groups in total. The van der Waals surface area contributed by atoms with E-state index in [2.05, 4.69) is 5.32 Å². The van der Waals surface area contributed by atoms with E-state index in [-0.39, 0.29) is 23.4 Å². The molecule has 8 nitrogen and oxygen atoms in total. The lowest BCUT2D eigenvalue weighted by Crippen LogP contribution is -2.38. The summed E-state index contributed by atoms with van der Waals surface area (Å²) in [6.07, 6.45) is -3.45. The Morgan fingerprint density at radius 3 is 2.38 bits per heavy atom. The maximum Gasteiger partial charge on any atom is 0.407 e. The Kier molecular flexibility index (Phi) is 6.56. The first-order valence-electron chi connectivity index (χ1n) is 7.29. The van der Waals surface area contributed by atoms with E-state index in [0.29, 0.717) is 0 Å². The lowest BCUT2D eigenvalue weighted by molar-refractivity contribution is 0.0129. The Balaban J connectivity index is 2.75. The van der Waals surface area contributed by atoms with Gasteiger partial charge in [-0.3, -0.25) is 0 Å². The molecule has 8 heteroatoms. The number of methoxy groups -OCH3 is 1. The third-order valence-corrected chi connectivity index (χ3v) is 3.01. The van der Waals surface area contributed by atoms with Crippen LogP contribution in [0.5, 0.6) is 5.75 Å². The first-order chi connectivity index (χ1) is 11.0. The molecule has 1 amide bonds. The van der Waals surface area contributed by atoms with Crippen molar-refractivity contribution in [2.24, 2.45) is 0 Å². The number of rotatable bonds is 6. The number of aliphatic hydroxyl groups is 2. The average Bonchev–Trinajstić information content (AvgIpc) is 2.49. The minimum Gasteiger partial charge on any atom is -0.496 e. The van der Waals surface area contributed by atoms with Crippen molar-refractivity contribution in [1.29, 1.82) is 0 Å². The summed E-state index contributed by atoms with van der Waals surface area (Å²) < 4.78 is 9.95. The average molecular weight is 341 g/mol. The van der Waals surface area contributed by atoms with Crippen LogP contribution in [0.2, 0.25) is 0 Å². The van der Waals surface area contributed by atoms with Crippen LogP contribution in [0.25, 0.3) is 0 Å². The van der Waals surface area contributed by atoms with Gasteiger partial charge in [0.15, 0.2) is 0 Å². The summed E-state index contributed by atoms with van der Waals surface area (Å²) in [5.74, 6) is -1.08. The predicted octanol–water partition coefficient (Wildman–Crippen LogP) is 1.31. The quantitative estimate of drug-likeness (QED) is 0.615. The molecule has 134 valence electrons. The van der Waals surface area contributed by atoms with Gasteiger partial charge in [0.05, 0.1) is 7.11 Å². The molecule has 0 saturated heterocycles. The maximum absolute atomic E-state index is 11.5. The molecule has 2 unspecified atom stereocenters. The normalized spacial score (nSPS) is 13.8. The van der Waals surface area contributed by atoms with Gasteiger partial charge in [-0.05, 0) is 38.5 Å². The van der Waals surface area contributed by atoms with E-state index in [1.807, 2.05) is 0 Å². The van der Waals surface area contributed by atoms with Crippen LogP contribution in [0.1, 0.15) is 42.8 Å². The standard InChI is InChI=1S/C16H23NO7/c1-16(2,3)24-15(22)17-8-11(18)13(19)9-5-6-12(23-4)10(7-9)14(20)21/h5-7,11,13,18-19H,8H2,1-4H3,(H,17,22)(H,20,21). The number of benzene rings is 1. The van der Waals surface area contributed by atoms with Crippen LogP contribution in [-0.2, 0) is 4.74 Å². The largest absolute Gasteiger partial charge is 0.496 e. The highest BCUT2D eigenvalue weighted by Gasteiger charge is 2.23. The molecule has 1 aromatic carbocycles. The highest BCUT2D eigenvalue weighted by Crippen LogP contribution is 2.25. The van der Waals surface area contributed by atoms with Crippen molar-refractivity contribution in [3.63, 3.8) is 0 Å². The number of carboxylic acids is 1. The number of carboxylic acid groups (broad SMARTS) is 1. The van der Waals surface area contributed by atoms with E-state index in [1.54, 1.807) is 20.8 Å². The first-order valence-corrected chi connectivity index (χ1v) is 7.29. The van der Waals surface area contributed by atoms with Crippen molar-refractivity contribution < 1.29 is 34.4 Å². The second-order valence-corrected chi connectivity index (χ2v) is 6.16. The summed E-state index contributed by atoms with van der Waals surface area (Å²) >= 11 is 0. The Labute approximate surface area is 140 Å². The fourth-order valence-electron chi connectivity index (χ4n) is 1.91. The van der Waals surface area contributed by atoms with E-state index in [4.69, 9.17) is 14.6 Å². The van der Waals surface area contributed by atoms with Gasteiger partial charge in [-0.1, -0.05) is 6.07 Å². The second kappa shape index (κ2) is 7.98. The van der Waals surface area contributed by atoms with E-state index in [0.717, 1.165) is 0 Å². The van der Waals surface area contributed by atoms with Crippen LogP contribution in [-0.4, -0.2) is 52.7 Å². The lowest BCUT2D eigenvalue weighted by Gasteiger charge is -2.22. The van der Waals surface area contributed by atoms with Gasteiger partial charge in [0, 0.05) is 6.54 Å². The van der Waals surface area contributed by atoms with E-state index >= 15 is 0 Å². The molecular formula is C16H23NO7. The monoisotopic (exact) mass is 341 g/mol. The van der Waals surface area contributed by atoms with Crippen LogP contribution < -0.4 is 10.1 Å². The van der Waals surface area contributed by atoms with Crippen molar-refractivity contribution in [3.05, 3.63) is 29.3 Å². The number of aliphatic hydroxyl groups excluding tert-OH is 2. The zero-order valence-electron chi connectivity index (χ0n) is 14.1. The van der Waals surface area contributed by atoms with Crippen molar-refractivity contribution in [1.82, 2.24) is 5.32 Å². The summed E-state index contributed by atoms with van der Waals surface area (Å²) in [5, 5.41) is 31.6. The summed E-state index contributed by atoms with van der Waals surface area (Å²) in [6, 6.07) is 4.03. The number of nitrogens with one attached hydrogen (secondary N) is 1. The summed E-state index contributed by atoms with van der Waals surface area (Å²) in [5.41, 5.74) is -0.631. The lowest BCUT2D eigenvalue weighted by atomic mass is 10.0. The van der Waals surface area contributed by atoms with Gasteiger partial charge in [-0.15, -0.1) is 0 Å². The SMILES string of the molecule is COc1ccc(C(O)C(O)CNC(=O)OC(C)(C)C)cc1C(=O)O. The number of hydrogen-bond acceptors (Lipinski definition) is 6. The number of aromatic carboxylic acids is 1. The summed E-state index contributed by atoms with van der Waals surface area (Å²) in [4.78, 5) is 22.7. The Bertz CT molecular complexity index is 595. The molecule has 0 aliphatic rings. The van der Waals surface area contributed by atoms with Gasteiger partial charge in [0.2, 0.25) is 0 Å². The van der Waals surface area contributed by atoms with E-state index in [9.17, 15) is 19.8 Å². The number of ether oxygens (including phenoxy) is 2. The highest BCUT2D eigenvalue weighted by atomic mass is 16.6. The van der Waals surface area contributed by atoms with Gasteiger partial charge in [-0.25, -0.2) is 9.59 Å². The topological polar surface area (TPSA) is 125 Å². The van der Waals surface area contributed by atoms with Crippen molar-refractivity contribution in [3.8, 4) is 5.75 Å². The van der Waals surface area contributed by atoms with E-state index < -0.39 is 29.9 Å². The number of amides is 1. The molecule has 0 radical (unpaired) electrons. The summed E-state index contributed by atoms with van der Waals surface area (Å²) in [6.45, 7) is 4.83. The Morgan fingerprint density at radius 2 is 1.88 bits per heavy atom.